The standard InChI is InChI=1S/C14H19F3O/c1-8(14(2,3)4)7-11(18)9-5-6-10(15)13(17)12(9)16/h5-6,8,11,18H,7H2,1-4H3. The third-order valence-electron chi connectivity index (χ3n) is 3.48. The highest BCUT2D eigenvalue weighted by atomic mass is 19.2. The van der Waals surface area contributed by atoms with Gasteiger partial charge in [-0.1, -0.05) is 33.8 Å². The van der Waals surface area contributed by atoms with Crippen LogP contribution in [0.3, 0.4) is 0 Å². The smallest absolute Gasteiger partial charge is 0.194 e. The SMILES string of the molecule is CC(CC(O)c1ccc(F)c(F)c1F)C(C)(C)C. The summed E-state index contributed by atoms with van der Waals surface area (Å²) in [4.78, 5) is 0. The molecule has 0 aromatic heterocycles. The van der Waals surface area contributed by atoms with Crippen molar-refractivity contribution in [3.05, 3.63) is 35.1 Å². The Morgan fingerprint density at radius 3 is 2.17 bits per heavy atom. The molecule has 0 bridgehead atoms. The molecule has 0 saturated carbocycles. The maximum atomic E-state index is 13.5. The van der Waals surface area contributed by atoms with Gasteiger partial charge >= 0.3 is 0 Å². The summed E-state index contributed by atoms with van der Waals surface area (Å²) in [6.45, 7) is 7.95. The van der Waals surface area contributed by atoms with Gasteiger partial charge in [-0.15, -0.1) is 0 Å². The molecule has 1 nitrogen and oxygen atoms in total. The lowest BCUT2D eigenvalue weighted by molar-refractivity contribution is 0.107. The van der Waals surface area contributed by atoms with Gasteiger partial charge in [-0.2, -0.15) is 0 Å². The van der Waals surface area contributed by atoms with Gasteiger partial charge in [0.05, 0.1) is 6.10 Å². The summed E-state index contributed by atoms with van der Waals surface area (Å²) in [5.74, 6) is -3.97. The van der Waals surface area contributed by atoms with Gasteiger partial charge in [-0.3, -0.25) is 0 Å². The second-order valence-electron chi connectivity index (χ2n) is 5.78. The summed E-state index contributed by atoms with van der Waals surface area (Å²) in [6, 6.07) is 1.92. The molecule has 102 valence electrons. The second kappa shape index (κ2) is 5.31. The van der Waals surface area contributed by atoms with E-state index in [0.717, 1.165) is 12.1 Å². The predicted molar refractivity (Wildman–Crippen MR) is 64.5 cm³/mol. The van der Waals surface area contributed by atoms with Crippen molar-refractivity contribution in [1.82, 2.24) is 0 Å². The number of halogens is 3. The third-order valence-corrected chi connectivity index (χ3v) is 3.48. The van der Waals surface area contributed by atoms with Crippen molar-refractivity contribution in [3.63, 3.8) is 0 Å². The van der Waals surface area contributed by atoms with E-state index in [1.165, 1.54) is 0 Å². The molecule has 1 rings (SSSR count). The molecule has 2 unspecified atom stereocenters. The summed E-state index contributed by atoms with van der Waals surface area (Å²) >= 11 is 0. The van der Waals surface area contributed by atoms with Crippen LogP contribution in [-0.2, 0) is 0 Å². The molecule has 0 amide bonds. The summed E-state index contributed by atoms with van der Waals surface area (Å²) in [7, 11) is 0. The summed E-state index contributed by atoms with van der Waals surface area (Å²) in [5, 5.41) is 9.92. The van der Waals surface area contributed by atoms with E-state index < -0.39 is 23.6 Å². The maximum absolute atomic E-state index is 13.5. The Hall–Kier alpha value is -1.03. The molecule has 0 spiro atoms. The molecule has 0 fully saturated rings. The molecule has 0 aliphatic heterocycles. The Labute approximate surface area is 106 Å². The van der Waals surface area contributed by atoms with Crippen LogP contribution in [0.2, 0.25) is 0 Å². The van der Waals surface area contributed by atoms with Gasteiger partial charge in [0.15, 0.2) is 17.5 Å². The first-order chi connectivity index (χ1) is 8.14. The first kappa shape index (κ1) is 15.0. The molecule has 0 saturated heterocycles. The minimum atomic E-state index is -1.53. The minimum absolute atomic E-state index is 0.0456. The highest BCUT2D eigenvalue weighted by Crippen LogP contribution is 2.34. The number of benzene rings is 1. The summed E-state index contributed by atoms with van der Waals surface area (Å²) < 4.78 is 39.3. The topological polar surface area (TPSA) is 20.2 Å². The molecular weight excluding hydrogens is 241 g/mol. The number of aliphatic hydroxyl groups excluding tert-OH is 1. The zero-order valence-corrected chi connectivity index (χ0v) is 11.1. The number of rotatable bonds is 3. The first-order valence-corrected chi connectivity index (χ1v) is 5.96. The van der Waals surface area contributed by atoms with Crippen molar-refractivity contribution >= 4 is 0 Å². The number of hydrogen-bond donors (Lipinski definition) is 1. The van der Waals surface area contributed by atoms with E-state index >= 15 is 0 Å². The van der Waals surface area contributed by atoms with Crippen molar-refractivity contribution < 1.29 is 18.3 Å². The predicted octanol–water partition coefficient (Wildman–Crippen LogP) is 4.21. The van der Waals surface area contributed by atoms with Crippen LogP contribution in [0, 0.1) is 28.8 Å². The molecule has 1 aromatic rings. The largest absolute Gasteiger partial charge is 0.388 e. The monoisotopic (exact) mass is 260 g/mol. The Morgan fingerprint density at radius 1 is 1.11 bits per heavy atom. The Morgan fingerprint density at radius 2 is 1.67 bits per heavy atom. The highest BCUT2D eigenvalue weighted by Gasteiger charge is 2.26. The van der Waals surface area contributed by atoms with Gasteiger partial charge < -0.3 is 5.11 Å². The zero-order chi connectivity index (χ0) is 14.1. The quantitative estimate of drug-likeness (QED) is 0.807. The normalized spacial score (nSPS) is 15.6. The van der Waals surface area contributed by atoms with Crippen LogP contribution in [0.5, 0.6) is 0 Å². The molecule has 2 atom stereocenters. The molecule has 0 aliphatic rings. The fraction of sp³-hybridized carbons (Fsp3) is 0.571. The van der Waals surface area contributed by atoms with Crippen LogP contribution < -0.4 is 0 Å². The highest BCUT2D eigenvalue weighted by molar-refractivity contribution is 5.22. The molecule has 1 aromatic carbocycles. The van der Waals surface area contributed by atoms with E-state index in [-0.39, 0.29) is 16.9 Å². The van der Waals surface area contributed by atoms with Crippen LogP contribution in [0.1, 0.15) is 45.8 Å². The van der Waals surface area contributed by atoms with Crippen LogP contribution in [0.15, 0.2) is 12.1 Å². The van der Waals surface area contributed by atoms with E-state index in [4.69, 9.17) is 0 Å². The zero-order valence-electron chi connectivity index (χ0n) is 11.1. The van der Waals surface area contributed by atoms with Crippen molar-refractivity contribution in [3.8, 4) is 0 Å². The van der Waals surface area contributed by atoms with Crippen LogP contribution in [-0.4, -0.2) is 5.11 Å². The summed E-state index contributed by atoms with van der Waals surface area (Å²) in [6.07, 6.45) is -0.833. The van der Waals surface area contributed by atoms with E-state index in [2.05, 4.69) is 0 Å². The van der Waals surface area contributed by atoms with E-state index in [1.54, 1.807) is 0 Å². The molecule has 0 radical (unpaired) electrons. The van der Waals surface area contributed by atoms with E-state index in [0.29, 0.717) is 6.42 Å². The fourth-order valence-corrected chi connectivity index (χ4v) is 1.61. The molecule has 18 heavy (non-hydrogen) atoms. The van der Waals surface area contributed by atoms with E-state index in [1.807, 2.05) is 27.7 Å². The van der Waals surface area contributed by atoms with Crippen LogP contribution >= 0.6 is 0 Å². The van der Waals surface area contributed by atoms with Gasteiger partial charge in [-0.05, 0) is 23.8 Å². The maximum Gasteiger partial charge on any atom is 0.194 e. The molecule has 4 heteroatoms. The van der Waals surface area contributed by atoms with Crippen molar-refractivity contribution in [1.29, 1.82) is 0 Å². The van der Waals surface area contributed by atoms with E-state index in [9.17, 15) is 18.3 Å². The van der Waals surface area contributed by atoms with Gasteiger partial charge in [0.2, 0.25) is 0 Å². The Bertz CT molecular complexity index is 424. The van der Waals surface area contributed by atoms with Crippen molar-refractivity contribution in [2.24, 2.45) is 11.3 Å². The molecular formula is C14H19F3O. The molecule has 0 heterocycles. The minimum Gasteiger partial charge on any atom is -0.388 e. The average Bonchev–Trinajstić information content (AvgIpc) is 2.24. The van der Waals surface area contributed by atoms with Gasteiger partial charge in [-0.25, -0.2) is 13.2 Å². The second-order valence-corrected chi connectivity index (χ2v) is 5.78. The average molecular weight is 260 g/mol. The lowest BCUT2D eigenvalue weighted by Crippen LogP contribution is -2.20. The molecule has 0 aliphatic carbocycles. The lowest BCUT2D eigenvalue weighted by atomic mass is 9.78. The van der Waals surface area contributed by atoms with Crippen molar-refractivity contribution in [2.75, 3.05) is 0 Å². The molecule has 1 N–H and O–H groups in total. The fourth-order valence-electron chi connectivity index (χ4n) is 1.61. The van der Waals surface area contributed by atoms with Crippen molar-refractivity contribution in [2.45, 2.75) is 40.2 Å². The van der Waals surface area contributed by atoms with Gasteiger partial charge in [0.25, 0.3) is 0 Å². The number of hydrogen-bond acceptors (Lipinski definition) is 1. The Balaban J connectivity index is 2.92. The summed E-state index contributed by atoms with van der Waals surface area (Å²) in [5.41, 5.74) is -0.235. The van der Waals surface area contributed by atoms with Crippen LogP contribution in [0.25, 0.3) is 0 Å². The lowest BCUT2D eigenvalue weighted by Gasteiger charge is -2.29. The third kappa shape index (κ3) is 3.25. The Kier molecular flexibility index (Phi) is 4.43. The number of aliphatic hydroxyl groups is 1. The van der Waals surface area contributed by atoms with Gasteiger partial charge in [0.1, 0.15) is 0 Å². The van der Waals surface area contributed by atoms with Gasteiger partial charge in [0, 0.05) is 5.56 Å². The first-order valence-electron chi connectivity index (χ1n) is 5.96. The van der Waals surface area contributed by atoms with Crippen LogP contribution in [0.4, 0.5) is 13.2 Å².